The smallest absolute Gasteiger partial charge is 0.145 e. The molecule has 0 bridgehead atoms. The number of unbranched alkanes of at least 4 members (excludes halogenated alkanes) is 4. The van der Waals surface area contributed by atoms with Crippen molar-refractivity contribution in [1.82, 2.24) is 0 Å². The number of carbonyl (C=O) groups is 1. The van der Waals surface area contributed by atoms with Crippen LogP contribution in [-0.2, 0) is 4.79 Å². The minimum absolute atomic E-state index is 0.142. The van der Waals surface area contributed by atoms with Crippen LogP contribution in [-0.4, -0.2) is 5.78 Å². The summed E-state index contributed by atoms with van der Waals surface area (Å²) in [6.45, 7) is 4.62. The van der Waals surface area contributed by atoms with E-state index in [1.165, 1.54) is 135 Å². The lowest BCUT2D eigenvalue weighted by Crippen LogP contribution is -2.59. The van der Waals surface area contributed by atoms with Crippen molar-refractivity contribution >= 4 is 5.78 Å². The monoisotopic (exact) mass is 428 g/mol. The third-order valence-corrected chi connectivity index (χ3v) is 10.7. The second-order valence-corrected chi connectivity index (χ2v) is 12.6. The first-order chi connectivity index (χ1) is 15.1. The van der Waals surface area contributed by atoms with Gasteiger partial charge in [-0.3, -0.25) is 4.79 Å². The Balaban J connectivity index is 1.18. The Bertz CT molecular complexity index is 553. The number of hydrogen-bond donors (Lipinski definition) is 0. The summed E-state index contributed by atoms with van der Waals surface area (Å²) in [5, 5.41) is 0. The van der Waals surface area contributed by atoms with Crippen molar-refractivity contribution in [3.05, 3.63) is 0 Å². The highest BCUT2D eigenvalue weighted by molar-refractivity contribution is 5.96. The zero-order valence-electron chi connectivity index (χ0n) is 21.1. The average Bonchev–Trinajstić information content (AvgIpc) is 2.81. The SMILES string of the molecule is CCCCCC1CCC(C2CCC3(CC2)CC2(CCC(CCCCC)CC2)C3=O)CC1. The topological polar surface area (TPSA) is 17.1 Å². The Morgan fingerprint density at radius 2 is 1.06 bits per heavy atom. The van der Waals surface area contributed by atoms with E-state index in [0.717, 1.165) is 29.5 Å². The van der Waals surface area contributed by atoms with E-state index in [2.05, 4.69) is 13.8 Å². The first-order valence-electron chi connectivity index (χ1n) is 14.7. The quantitative estimate of drug-likeness (QED) is 0.334. The van der Waals surface area contributed by atoms with Crippen LogP contribution < -0.4 is 0 Å². The van der Waals surface area contributed by atoms with Crippen molar-refractivity contribution in [1.29, 1.82) is 0 Å². The van der Waals surface area contributed by atoms with Gasteiger partial charge in [0.15, 0.2) is 0 Å². The molecule has 0 aromatic carbocycles. The van der Waals surface area contributed by atoms with Crippen LogP contribution in [0.25, 0.3) is 0 Å². The Kier molecular flexibility index (Phi) is 8.24. The molecule has 4 rings (SSSR count). The fraction of sp³-hybridized carbons (Fsp3) is 0.967. The maximum atomic E-state index is 13.5. The summed E-state index contributed by atoms with van der Waals surface area (Å²) in [6, 6.07) is 0. The molecule has 2 spiro atoms. The molecule has 0 atom stereocenters. The Morgan fingerprint density at radius 1 is 0.613 bits per heavy atom. The van der Waals surface area contributed by atoms with Gasteiger partial charge >= 0.3 is 0 Å². The van der Waals surface area contributed by atoms with E-state index < -0.39 is 0 Å². The van der Waals surface area contributed by atoms with Crippen LogP contribution in [0.3, 0.4) is 0 Å². The molecule has 0 saturated heterocycles. The maximum absolute atomic E-state index is 13.5. The lowest BCUT2D eigenvalue weighted by Gasteiger charge is -2.59. The third kappa shape index (κ3) is 5.27. The molecule has 0 aromatic rings. The summed E-state index contributed by atoms with van der Waals surface area (Å²) in [5.74, 6) is 4.63. The first kappa shape index (κ1) is 23.8. The van der Waals surface area contributed by atoms with Crippen LogP contribution in [0.4, 0.5) is 0 Å². The molecule has 31 heavy (non-hydrogen) atoms. The summed E-state index contributed by atoms with van der Waals surface area (Å²) >= 11 is 0. The van der Waals surface area contributed by atoms with Gasteiger partial charge in [0, 0.05) is 10.8 Å². The fourth-order valence-electron chi connectivity index (χ4n) is 8.57. The predicted octanol–water partition coefficient (Wildman–Crippen LogP) is 9.28. The number of ketones is 1. The molecule has 0 radical (unpaired) electrons. The van der Waals surface area contributed by atoms with Gasteiger partial charge in [-0.25, -0.2) is 0 Å². The average molecular weight is 429 g/mol. The van der Waals surface area contributed by atoms with E-state index in [0.29, 0.717) is 0 Å². The van der Waals surface area contributed by atoms with E-state index >= 15 is 0 Å². The standard InChI is InChI=1S/C30H52O/c1-3-5-7-9-24-11-13-26(14-12-24)27-17-21-30(22-18-27)23-29(28(30)31)19-15-25(16-20-29)10-8-6-4-2/h24-27H,3-23H2,1-2H3. The minimum atomic E-state index is 0.142. The molecule has 4 aliphatic rings. The molecule has 0 heterocycles. The van der Waals surface area contributed by atoms with Crippen molar-refractivity contribution in [2.75, 3.05) is 0 Å². The summed E-state index contributed by atoms with van der Waals surface area (Å²) in [7, 11) is 0. The molecule has 4 fully saturated rings. The molecule has 0 aliphatic heterocycles. The molecule has 4 aliphatic carbocycles. The first-order valence-corrected chi connectivity index (χ1v) is 14.7. The second-order valence-electron chi connectivity index (χ2n) is 12.6. The van der Waals surface area contributed by atoms with Crippen LogP contribution in [0.1, 0.15) is 149 Å². The summed E-state index contributed by atoms with van der Waals surface area (Å²) < 4.78 is 0. The van der Waals surface area contributed by atoms with Gasteiger partial charge in [-0.2, -0.15) is 0 Å². The van der Waals surface area contributed by atoms with Gasteiger partial charge in [0.05, 0.1) is 0 Å². The van der Waals surface area contributed by atoms with Crippen LogP contribution in [0.15, 0.2) is 0 Å². The van der Waals surface area contributed by atoms with E-state index in [1.807, 2.05) is 0 Å². The van der Waals surface area contributed by atoms with Gasteiger partial charge in [0.2, 0.25) is 0 Å². The van der Waals surface area contributed by atoms with E-state index in [-0.39, 0.29) is 10.8 Å². The lowest BCUT2D eigenvalue weighted by molar-refractivity contribution is -0.169. The van der Waals surface area contributed by atoms with Crippen LogP contribution >= 0.6 is 0 Å². The second kappa shape index (κ2) is 10.7. The van der Waals surface area contributed by atoms with Crippen LogP contribution in [0, 0.1) is 34.5 Å². The van der Waals surface area contributed by atoms with Crippen LogP contribution in [0.2, 0.25) is 0 Å². The van der Waals surface area contributed by atoms with Crippen molar-refractivity contribution in [3.8, 4) is 0 Å². The Labute approximate surface area is 193 Å². The normalized spacial score (nSPS) is 40.9. The summed E-state index contributed by atoms with van der Waals surface area (Å²) in [5.41, 5.74) is 0.285. The highest BCUT2D eigenvalue weighted by atomic mass is 16.1. The number of carbonyl (C=O) groups excluding carboxylic acids is 1. The Morgan fingerprint density at radius 3 is 1.55 bits per heavy atom. The molecular formula is C30H52O. The summed E-state index contributed by atoms with van der Waals surface area (Å²) in [4.78, 5) is 13.5. The fourth-order valence-corrected chi connectivity index (χ4v) is 8.57. The number of rotatable bonds is 9. The van der Waals surface area contributed by atoms with Gasteiger partial charge in [0.1, 0.15) is 5.78 Å². The molecule has 0 aromatic heterocycles. The maximum Gasteiger partial charge on any atom is 0.145 e. The summed E-state index contributed by atoms with van der Waals surface area (Å²) in [6.07, 6.45) is 28.9. The van der Waals surface area contributed by atoms with Gasteiger partial charge in [-0.15, -0.1) is 0 Å². The van der Waals surface area contributed by atoms with Crippen molar-refractivity contribution in [3.63, 3.8) is 0 Å². The molecule has 4 saturated carbocycles. The van der Waals surface area contributed by atoms with E-state index in [1.54, 1.807) is 0 Å². The zero-order chi connectivity index (χ0) is 21.7. The van der Waals surface area contributed by atoms with Gasteiger partial charge in [0.25, 0.3) is 0 Å². The molecule has 0 unspecified atom stereocenters. The number of Topliss-reactive ketones (excluding diaryl/α,β-unsaturated/α-hetero) is 1. The minimum Gasteiger partial charge on any atom is -0.298 e. The highest BCUT2D eigenvalue weighted by Crippen LogP contribution is 2.64. The van der Waals surface area contributed by atoms with Gasteiger partial charge in [-0.1, -0.05) is 78.1 Å². The van der Waals surface area contributed by atoms with Crippen molar-refractivity contribution in [2.45, 2.75) is 149 Å². The molecule has 178 valence electrons. The Hall–Kier alpha value is -0.330. The van der Waals surface area contributed by atoms with E-state index in [9.17, 15) is 4.79 Å². The van der Waals surface area contributed by atoms with Gasteiger partial charge < -0.3 is 0 Å². The molecule has 0 amide bonds. The molecule has 1 nitrogen and oxygen atoms in total. The van der Waals surface area contributed by atoms with Crippen LogP contribution in [0.5, 0.6) is 0 Å². The lowest BCUT2D eigenvalue weighted by atomic mass is 9.42. The third-order valence-electron chi connectivity index (χ3n) is 10.7. The van der Waals surface area contributed by atoms with Gasteiger partial charge in [-0.05, 0) is 94.3 Å². The van der Waals surface area contributed by atoms with Crippen molar-refractivity contribution in [2.24, 2.45) is 34.5 Å². The molecule has 1 heteroatoms. The molecule has 0 N–H and O–H groups in total. The zero-order valence-corrected chi connectivity index (χ0v) is 21.1. The largest absolute Gasteiger partial charge is 0.298 e. The van der Waals surface area contributed by atoms with E-state index in [4.69, 9.17) is 0 Å². The molecular weight excluding hydrogens is 376 g/mol. The number of hydrogen-bond acceptors (Lipinski definition) is 1. The predicted molar refractivity (Wildman–Crippen MR) is 132 cm³/mol. The highest BCUT2D eigenvalue weighted by Gasteiger charge is 2.63. The van der Waals surface area contributed by atoms with Crippen molar-refractivity contribution < 1.29 is 4.79 Å².